The molecule has 4 N–H and O–H groups in total. The Morgan fingerprint density at radius 3 is 2.62 bits per heavy atom. The summed E-state index contributed by atoms with van der Waals surface area (Å²) in [6.45, 7) is 8.82. The average molecular weight is 668 g/mol. The number of hydroxylamine groups is 1. The van der Waals surface area contributed by atoms with Crippen LogP contribution in [0.5, 0.6) is 0 Å². The first-order chi connectivity index (χ1) is 22.3. The van der Waals surface area contributed by atoms with Gasteiger partial charge < -0.3 is 25.0 Å². The average Bonchev–Trinajstić information content (AvgIpc) is 3.38. The van der Waals surface area contributed by atoms with Gasteiger partial charge in [-0.2, -0.15) is 0 Å². The van der Waals surface area contributed by atoms with E-state index in [2.05, 4.69) is 29.7 Å². The number of para-hydroxylation sites is 1. The molecule has 47 heavy (non-hydrogen) atoms. The lowest BCUT2D eigenvalue weighted by atomic mass is 9.55. The first-order valence-electron chi connectivity index (χ1n) is 16.6. The van der Waals surface area contributed by atoms with Crippen LogP contribution in [0.3, 0.4) is 0 Å². The zero-order valence-electron chi connectivity index (χ0n) is 27.6. The van der Waals surface area contributed by atoms with Gasteiger partial charge in [0, 0.05) is 38.4 Å². The van der Waals surface area contributed by atoms with Crippen molar-refractivity contribution in [3.63, 3.8) is 0 Å². The highest BCUT2D eigenvalue weighted by Crippen LogP contribution is 2.53. The fraction of sp³-hybridized carbons (Fsp3) is 0.556. The van der Waals surface area contributed by atoms with Gasteiger partial charge >= 0.3 is 11.9 Å². The molecule has 1 saturated heterocycles. The SMILES string of the molecule is CC(=O)O[C@@H]1C(C)=C[C@@H]2[C@H](C(C)CNCc3ccccc3)CC[C@@H](C)[C@]2(O)[C@H]1OC(=O)[C@@H]1C[C@@]2(O)c3cccc(Cl)c3N(C)O[C@H]2N1. The van der Waals surface area contributed by atoms with Crippen LogP contribution in [0.4, 0.5) is 5.69 Å². The Bertz CT molecular complexity index is 1520. The Morgan fingerprint density at radius 1 is 1.15 bits per heavy atom. The number of esters is 2. The second kappa shape index (κ2) is 13.1. The van der Waals surface area contributed by atoms with Gasteiger partial charge in [-0.25, -0.2) is 0 Å². The van der Waals surface area contributed by atoms with Crippen LogP contribution in [-0.4, -0.2) is 65.8 Å². The minimum absolute atomic E-state index is 0.0401. The van der Waals surface area contributed by atoms with Crippen molar-refractivity contribution in [2.45, 2.75) is 89.2 Å². The van der Waals surface area contributed by atoms with E-state index in [1.54, 1.807) is 25.2 Å². The topological polar surface area (TPSA) is 130 Å². The second-order valence-electron chi connectivity index (χ2n) is 13.9. The maximum Gasteiger partial charge on any atom is 0.323 e. The van der Waals surface area contributed by atoms with E-state index < -0.39 is 47.6 Å². The van der Waals surface area contributed by atoms with E-state index in [1.807, 2.05) is 38.1 Å². The van der Waals surface area contributed by atoms with Crippen LogP contribution in [0.15, 0.2) is 60.2 Å². The molecule has 2 aliphatic carbocycles. The summed E-state index contributed by atoms with van der Waals surface area (Å²) < 4.78 is 12.0. The molecule has 2 fully saturated rings. The van der Waals surface area contributed by atoms with Crippen molar-refractivity contribution in [2.75, 3.05) is 18.7 Å². The molecule has 6 rings (SSSR count). The Kier molecular flexibility index (Phi) is 9.47. The number of aliphatic hydroxyl groups is 2. The van der Waals surface area contributed by atoms with Crippen molar-refractivity contribution < 1.29 is 34.1 Å². The third-order valence-electron chi connectivity index (χ3n) is 10.9. The summed E-state index contributed by atoms with van der Waals surface area (Å²) in [7, 11) is 1.69. The summed E-state index contributed by atoms with van der Waals surface area (Å²) in [6.07, 6.45) is 0.557. The molecule has 1 unspecified atom stereocenters. The van der Waals surface area contributed by atoms with Gasteiger partial charge in [0.25, 0.3) is 0 Å². The molecule has 10 atom stereocenters. The molecule has 1 saturated carbocycles. The first-order valence-corrected chi connectivity index (χ1v) is 16.9. The normalized spacial score (nSPS) is 35.2. The van der Waals surface area contributed by atoms with Crippen LogP contribution in [0.1, 0.15) is 58.1 Å². The molecule has 2 aliphatic heterocycles. The van der Waals surface area contributed by atoms with Crippen LogP contribution in [0.2, 0.25) is 5.02 Å². The Hall–Kier alpha value is -2.99. The lowest BCUT2D eigenvalue weighted by molar-refractivity contribution is -0.225. The monoisotopic (exact) mass is 667 g/mol. The Labute approximate surface area is 281 Å². The molecular formula is C36H46ClN3O7. The summed E-state index contributed by atoms with van der Waals surface area (Å²) in [4.78, 5) is 32.3. The van der Waals surface area contributed by atoms with Crippen LogP contribution < -0.4 is 15.7 Å². The van der Waals surface area contributed by atoms with E-state index in [4.69, 9.17) is 25.9 Å². The highest BCUT2D eigenvalue weighted by Gasteiger charge is 2.62. The third-order valence-corrected chi connectivity index (χ3v) is 11.2. The number of rotatable bonds is 8. The summed E-state index contributed by atoms with van der Waals surface area (Å²) >= 11 is 6.45. The number of fused-ring (bicyclic) bond motifs is 4. The lowest BCUT2D eigenvalue weighted by Crippen LogP contribution is -2.66. The summed E-state index contributed by atoms with van der Waals surface area (Å²) in [5.74, 6) is -1.50. The molecule has 0 radical (unpaired) electrons. The number of nitrogens with zero attached hydrogens (tertiary/aromatic N) is 1. The minimum Gasteiger partial charge on any atom is -0.454 e. The molecule has 10 nitrogen and oxygen atoms in total. The van der Waals surface area contributed by atoms with E-state index in [0.717, 1.165) is 31.5 Å². The molecule has 2 heterocycles. The van der Waals surface area contributed by atoms with Gasteiger partial charge in [-0.05, 0) is 61.3 Å². The Morgan fingerprint density at radius 2 is 1.89 bits per heavy atom. The molecule has 0 bridgehead atoms. The molecular weight excluding hydrogens is 622 g/mol. The molecule has 11 heteroatoms. The number of carbonyl (C=O) groups excluding carboxylic acids is 2. The molecule has 0 aromatic heterocycles. The van der Waals surface area contributed by atoms with Gasteiger partial charge in [0.15, 0.2) is 18.4 Å². The number of benzene rings is 2. The van der Waals surface area contributed by atoms with E-state index in [9.17, 15) is 19.8 Å². The van der Waals surface area contributed by atoms with Crippen molar-refractivity contribution in [1.82, 2.24) is 10.6 Å². The zero-order valence-corrected chi connectivity index (χ0v) is 28.4. The number of nitrogens with one attached hydrogen (secondary N) is 2. The number of ether oxygens (including phenoxy) is 2. The molecule has 0 spiro atoms. The maximum atomic E-state index is 14.0. The van der Waals surface area contributed by atoms with Gasteiger partial charge in [0.05, 0.1) is 10.7 Å². The van der Waals surface area contributed by atoms with Crippen LogP contribution in [0, 0.1) is 23.7 Å². The summed E-state index contributed by atoms with van der Waals surface area (Å²) in [6, 6.07) is 14.5. The number of halogens is 1. The second-order valence-corrected chi connectivity index (χ2v) is 14.3. The zero-order chi connectivity index (χ0) is 33.7. The van der Waals surface area contributed by atoms with Gasteiger partial charge in [-0.15, -0.1) is 0 Å². The van der Waals surface area contributed by atoms with E-state index in [1.165, 1.54) is 17.6 Å². The standard InChI is InChI=1S/C36H46ClN3O7/c1-20-16-27-25(21(2)18-38-19-24-10-7-6-8-11-24)15-14-22(3)36(27,44)32(31(20)45-23(4)41)46-33(42)29-17-35(43)26-12-9-13-28(37)30(26)40(5)47-34(35)39-29/h6-13,16,21-22,25,27,29,31-32,34,38-39,43-44H,14-15,17-19H2,1-5H3/t21?,22-,25+,27-,29+,31-,32+,34-,35-,36-/m1/s1. The van der Waals surface area contributed by atoms with E-state index in [-0.39, 0.29) is 30.1 Å². The Balaban J connectivity index is 1.25. The van der Waals surface area contributed by atoms with Gasteiger partial charge in [0.2, 0.25) is 0 Å². The molecule has 2 aromatic rings. The number of hydrogen-bond donors (Lipinski definition) is 4. The minimum atomic E-state index is -1.56. The summed E-state index contributed by atoms with van der Waals surface area (Å²) in [5, 5.41) is 33.2. The molecule has 2 aromatic carbocycles. The highest BCUT2D eigenvalue weighted by molar-refractivity contribution is 6.33. The first kappa shape index (κ1) is 33.9. The van der Waals surface area contributed by atoms with Crippen molar-refractivity contribution in [3.8, 4) is 0 Å². The van der Waals surface area contributed by atoms with E-state index >= 15 is 0 Å². The smallest absolute Gasteiger partial charge is 0.323 e. The molecule has 4 aliphatic rings. The van der Waals surface area contributed by atoms with Crippen molar-refractivity contribution in [2.24, 2.45) is 23.7 Å². The van der Waals surface area contributed by atoms with Gasteiger partial charge in [-0.1, -0.05) is 74.0 Å². The van der Waals surface area contributed by atoms with Crippen LogP contribution in [-0.2, 0) is 36.0 Å². The predicted molar refractivity (Wildman–Crippen MR) is 177 cm³/mol. The molecule has 0 amide bonds. The van der Waals surface area contributed by atoms with Crippen LogP contribution >= 0.6 is 11.6 Å². The predicted octanol–water partition coefficient (Wildman–Crippen LogP) is 4.22. The van der Waals surface area contributed by atoms with Gasteiger partial charge in [-0.3, -0.25) is 24.8 Å². The maximum absolute atomic E-state index is 14.0. The number of hydrogen-bond acceptors (Lipinski definition) is 10. The van der Waals surface area contributed by atoms with Gasteiger partial charge in [0.1, 0.15) is 17.2 Å². The van der Waals surface area contributed by atoms with Crippen molar-refractivity contribution in [1.29, 1.82) is 0 Å². The largest absolute Gasteiger partial charge is 0.454 e. The van der Waals surface area contributed by atoms with E-state index in [0.29, 0.717) is 16.3 Å². The third kappa shape index (κ3) is 6.09. The number of carbonyl (C=O) groups is 2. The summed E-state index contributed by atoms with van der Waals surface area (Å²) in [5.41, 5.74) is -0.0521. The van der Waals surface area contributed by atoms with Crippen LogP contribution in [0.25, 0.3) is 0 Å². The van der Waals surface area contributed by atoms with Crippen molar-refractivity contribution >= 4 is 29.2 Å². The fourth-order valence-electron chi connectivity index (χ4n) is 8.35. The lowest BCUT2D eigenvalue weighted by Gasteiger charge is -2.56. The molecule has 254 valence electrons. The fourth-order valence-corrected chi connectivity index (χ4v) is 8.65. The number of anilines is 1. The van der Waals surface area contributed by atoms with Crippen molar-refractivity contribution in [3.05, 3.63) is 76.3 Å². The quantitative estimate of drug-likeness (QED) is 0.240. The highest BCUT2D eigenvalue weighted by atomic mass is 35.5.